The molecule has 1 aromatic carbocycles. The highest BCUT2D eigenvalue weighted by Gasteiger charge is 2.35. The number of anilines is 1. The third kappa shape index (κ3) is 4.49. The first-order valence-electron chi connectivity index (χ1n) is 8.83. The van der Waals surface area contributed by atoms with Crippen molar-refractivity contribution >= 4 is 23.5 Å². The van der Waals surface area contributed by atoms with E-state index in [1.165, 1.54) is 0 Å². The van der Waals surface area contributed by atoms with Gasteiger partial charge in [0, 0.05) is 24.8 Å². The van der Waals surface area contributed by atoms with Crippen molar-refractivity contribution < 1.29 is 19.1 Å². The van der Waals surface area contributed by atoms with Gasteiger partial charge in [-0.1, -0.05) is 6.07 Å². The zero-order chi connectivity index (χ0) is 19.2. The summed E-state index contributed by atoms with van der Waals surface area (Å²) in [5, 5.41) is 2.83. The predicted molar refractivity (Wildman–Crippen MR) is 98.9 cm³/mol. The second kappa shape index (κ2) is 8.44. The molecule has 2 amide bonds. The van der Waals surface area contributed by atoms with Crippen LogP contribution in [-0.2, 0) is 20.9 Å². The third-order valence-electron chi connectivity index (χ3n) is 4.36. The number of nitrogens with one attached hydrogen (secondary N) is 1. The Bertz CT molecular complexity index is 821. The Balaban J connectivity index is 1.59. The number of pyridine rings is 1. The Kier molecular flexibility index (Phi) is 5.80. The van der Waals surface area contributed by atoms with E-state index in [4.69, 9.17) is 4.74 Å². The first-order chi connectivity index (χ1) is 13.1. The highest BCUT2D eigenvalue weighted by atomic mass is 16.5. The molecule has 1 fully saturated rings. The molecule has 1 aliphatic rings. The Morgan fingerprint density at radius 3 is 2.67 bits per heavy atom. The van der Waals surface area contributed by atoms with Crippen LogP contribution in [0.1, 0.15) is 29.4 Å². The van der Waals surface area contributed by atoms with Crippen molar-refractivity contribution in [1.82, 2.24) is 10.3 Å². The first-order valence-corrected chi connectivity index (χ1v) is 8.83. The summed E-state index contributed by atoms with van der Waals surface area (Å²) in [7, 11) is 0. The van der Waals surface area contributed by atoms with Gasteiger partial charge in [-0.05, 0) is 43.3 Å². The summed E-state index contributed by atoms with van der Waals surface area (Å²) in [6.45, 7) is 2.69. The quantitative estimate of drug-likeness (QED) is 0.788. The number of hydrogen-bond acceptors (Lipinski definition) is 5. The summed E-state index contributed by atoms with van der Waals surface area (Å²) < 4.78 is 4.95. The lowest BCUT2D eigenvalue weighted by Gasteiger charge is -2.17. The monoisotopic (exact) mass is 367 g/mol. The van der Waals surface area contributed by atoms with Crippen LogP contribution in [0, 0.1) is 5.92 Å². The van der Waals surface area contributed by atoms with Crippen LogP contribution in [0.2, 0.25) is 0 Å². The molecule has 1 saturated heterocycles. The van der Waals surface area contributed by atoms with Gasteiger partial charge >= 0.3 is 5.97 Å². The van der Waals surface area contributed by atoms with Crippen LogP contribution in [-0.4, -0.2) is 35.9 Å². The van der Waals surface area contributed by atoms with Crippen LogP contribution in [0.5, 0.6) is 0 Å². The van der Waals surface area contributed by atoms with Crippen LogP contribution >= 0.6 is 0 Å². The van der Waals surface area contributed by atoms with Crippen molar-refractivity contribution in [3.8, 4) is 0 Å². The summed E-state index contributed by atoms with van der Waals surface area (Å²) in [6.07, 6.45) is 1.83. The molecule has 3 rings (SSSR count). The van der Waals surface area contributed by atoms with E-state index in [-0.39, 0.29) is 18.2 Å². The number of aromatic nitrogens is 1. The van der Waals surface area contributed by atoms with Gasteiger partial charge < -0.3 is 15.0 Å². The number of carbonyl (C=O) groups is 3. The molecule has 0 saturated carbocycles. The standard InChI is InChI=1S/C20H21N3O4/c1-2-27-20(26)14-6-8-17(9-7-14)23-13-15(11-18(23)24)19(25)22-12-16-5-3-4-10-21-16/h3-10,15H,2,11-13H2,1H3,(H,22,25). The molecule has 1 atom stereocenters. The lowest BCUT2D eigenvalue weighted by Crippen LogP contribution is -2.32. The molecule has 1 aliphatic heterocycles. The molecule has 0 aliphatic carbocycles. The molecule has 7 heteroatoms. The molecule has 0 bridgehead atoms. The van der Waals surface area contributed by atoms with Gasteiger partial charge in [-0.2, -0.15) is 0 Å². The van der Waals surface area contributed by atoms with E-state index >= 15 is 0 Å². The van der Waals surface area contributed by atoms with E-state index in [0.29, 0.717) is 30.9 Å². The van der Waals surface area contributed by atoms with Crippen LogP contribution in [0.25, 0.3) is 0 Å². The summed E-state index contributed by atoms with van der Waals surface area (Å²) in [4.78, 5) is 42.1. The predicted octanol–water partition coefficient (Wildman–Crippen LogP) is 1.93. The summed E-state index contributed by atoms with van der Waals surface area (Å²) in [6, 6.07) is 12.1. The molecule has 27 heavy (non-hydrogen) atoms. The Morgan fingerprint density at radius 2 is 2.00 bits per heavy atom. The molecule has 0 radical (unpaired) electrons. The van der Waals surface area contributed by atoms with Crippen LogP contribution in [0.15, 0.2) is 48.7 Å². The van der Waals surface area contributed by atoms with Crippen LogP contribution in [0.3, 0.4) is 0 Å². The van der Waals surface area contributed by atoms with Crippen molar-refractivity contribution in [1.29, 1.82) is 0 Å². The minimum atomic E-state index is -0.411. The average molecular weight is 367 g/mol. The smallest absolute Gasteiger partial charge is 0.338 e. The molecular weight excluding hydrogens is 346 g/mol. The van der Waals surface area contributed by atoms with Crippen LogP contribution in [0.4, 0.5) is 5.69 Å². The highest BCUT2D eigenvalue weighted by molar-refractivity contribution is 6.00. The van der Waals surface area contributed by atoms with E-state index in [1.807, 2.05) is 18.2 Å². The number of esters is 1. The van der Waals surface area contributed by atoms with Gasteiger partial charge in [0.25, 0.3) is 0 Å². The Labute approximate surface area is 157 Å². The van der Waals surface area contributed by atoms with E-state index in [2.05, 4.69) is 10.3 Å². The second-order valence-corrected chi connectivity index (χ2v) is 6.21. The molecule has 2 aromatic rings. The third-order valence-corrected chi connectivity index (χ3v) is 4.36. The van der Waals surface area contributed by atoms with E-state index < -0.39 is 11.9 Å². The van der Waals surface area contributed by atoms with E-state index in [9.17, 15) is 14.4 Å². The van der Waals surface area contributed by atoms with Gasteiger partial charge in [0.15, 0.2) is 0 Å². The summed E-state index contributed by atoms with van der Waals surface area (Å²) in [5.41, 5.74) is 1.85. The van der Waals surface area contributed by atoms with E-state index in [1.54, 1.807) is 42.3 Å². The number of rotatable bonds is 6. The minimum absolute atomic E-state index is 0.114. The van der Waals surface area contributed by atoms with Crippen molar-refractivity contribution in [3.05, 3.63) is 59.9 Å². The average Bonchev–Trinajstić information content (AvgIpc) is 3.09. The largest absolute Gasteiger partial charge is 0.462 e. The maximum atomic E-state index is 12.4. The number of ether oxygens (including phenoxy) is 1. The fraction of sp³-hybridized carbons (Fsp3) is 0.300. The number of benzene rings is 1. The molecule has 0 spiro atoms. The number of nitrogens with zero attached hydrogens (tertiary/aromatic N) is 2. The van der Waals surface area contributed by atoms with Crippen molar-refractivity contribution in [2.75, 3.05) is 18.1 Å². The zero-order valence-electron chi connectivity index (χ0n) is 15.1. The Hall–Kier alpha value is -3.22. The first kappa shape index (κ1) is 18.6. The van der Waals surface area contributed by atoms with Gasteiger partial charge in [-0.15, -0.1) is 0 Å². The second-order valence-electron chi connectivity index (χ2n) is 6.21. The molecule has 1 aromatic heterocycles. The molecule has 1 unspecified atom stereocenters. The number of hydrogen-bond donors (Lipinski definition) is 1. The molecule has 1 N–H and O–H groups in total. The fourth-order valence-corrected chi connectivity index (χ4v) is 2.95. The number of amides is 2. The minimum Gasteiger partial charge on any atom is -0.462 e. The normalized spacial score (nSPS) is 16.3. The van der Waals surface area contributed by atoms with Gasteiger partial charge in [-0.25, -0.2) is 4.79 Å². The topological polar surface area (TPSA) is 88.6 Å². The maximum Gasteiger partial charge on any atom is 0.338 e. The van der Waals surface area contributed by atoms with Crippen LogP contribution < -0.4 is 10.2 Å². The fourth-order valence-electron chi connectivity index (χ4n) is 2.95. The lowest BCUT2D eigenvalue weighted by molar-refractivity contribution is -0.126. The maximum absolute atomic E-state index is 12.4. The summed E-state index contributed by atoms with van der Waals surface area (Å²) in [5.74, 6) is -1.09. The zero-order valence-corrected chi connectivity index (χ0v) is 15.1. The lowest BCUT2D eigenvalue weighted by atomic mass is 10.1. The van der Waals surface area contributed by atoms with Gasteiger partial charge in [-0.3, -0.25) is 14.6 Å². The van der Waals surface area contributed by atoms with Gasteiger partial charge in [0.2, 0.25) is 11.8 Å². The highest BCUT2D eigenvalue weighted by Crippen LogP contribution is 2.25. The number of carbonyl (C=O) groups excluding carboxylic acids is 3. The molecule has 2 heterocycles. The SMILES string of the molecule is CCOC(=O)c1ccc(N2CC(C(=O)NCc3ccccn3)CC2=O)cc1. The van der Waals surface area contributed by atoms with E-state index in [0.717, 1.165) is 5.69 Å². The molecular formula is C20H21N3O4. The van der Waals surface area contributed by atoms with Crippen molar-refractivity contribution in [2.24, 2.45) is 5.92 Å². The van der Waals surface area contributed by atoms with Crippen molar-refractivity contribution in [2.45, 2.75) is 19.9 Å². The van der Waals surface area contributed by atoms with Gasteiger partial charge in [0.1, 0.15) is 0 Å². The summed E-state index contributed by atoms with van der Waals surface area (Å²) >= 11 is 0. The molecule has 140 valence electrons. The van der Waals surface area contributed by atoms with Gasteiger partial charge in [0.05, 0.1) is 30.3 Å². The molecule has 7 nitrogen and oxygen atoms in total. The van der Waals surface area contributed by atoms with Crippen molar-refractivity contribution in [3.63, 3.8) is 0 Å². The Morgan fingerprint density at radius 1 is 1.22 bits per heavy atom.